The molecule has 0 bridgehead atoms. The van der Waals surface area contributed by atoms with Gasteiger partial charge in [0.2, 0.25) is 5.91 Å². The average molecular weight is 451 g/mol. The molecule has 0 spiro atoms. The van der Waals surface area contributed by atoms with Gasteiger partial charge in [-0.3, -0.25) is 4.79 Å². The largest absolute Gasteiger partial charge is 0.346 e. The standard InChI is InChI=1S/C25H31FN6O/c1-15(2)32-17(4)29-23-21(26)12-18(13-22(23)32)20-14-28-24(27-5)19(20)11-16(3)25(33)31-9-7-30(6)8-10-31/h11-15,28H,5,7-10H2,1-4,6H3/b16-11+. The number of nitrogens with one attached hydrogen (secondary N) is 1. The summed E-state index contributed by atoms with van der Waals surface area (Å²) >= 11 is 0. The van der Waals surface area contributed by atoms with E-state index in [-0.39, 0.29) is 17.8 Å². The summed E-state index contributed by atoms with van der Waals surface area (Å²) in [5.74, 6) is 0.941. The highest BCUT2D eigenvalue weighted by Crippen LogP contribution is 2.36. The second-order valence-corrected chi connectivity index (χ2v) is 8.99. The molecule has 3 aromatic rings. The van der Waals surface area contributed by atoms with Crippen molar-refractivity contribution >= 4 is 35.6 Å². The Bertz CT molecular complexity index is 1240. The summed E-state index contributed by atoms with van der Waals surface area (Å²) in [4.78, 5) is 28.8. The van der Waals surface area contributed by atoms with Gasteiger partial charge in [0.25, 0.3) is 0 Å². The van der Waals surface area contributed by atoms with Crippen molar-refractivity contribution in [1.82, 2.24) is 24.3 Å². The van der Waals surface area contributed by atoms with Gasteiger partial charge in [0, 0.05) is 55.1 Å². The zero-order valence-corrected chi connectivity index (χ0v) is 19.9. The van der Waals surface area contributed by atoms with Gasteiger partial charge in [-0.2, -0.15) is 0 Å². The van der Waals surface area contributed by atoms with Crippen LogP contribution in [0.15, 0.2) is 28.9 Å². The molecular weight excluding hydrogens is 419 g/mol. The lowest BCUT2D eigenvalue weighted by Gasteiger charge is -2.32. The lowest BCUT2D eigenvalue weighted by molar-refractivity contribution is -0.128. The molecule has 0 saturated carbocycles. The lowest BCUT2D eigenvalue weighted by Crippen LogP contribution is -2.47. The molecule has 0 radical (unpaired) electrons. The highest BCUT2D eigenvalue weighted by Gasteiger charge is 2.22. The van der Waals surface area contributed by atoms with E-state index in [1.54, 1.807) is 6.20 Å². The van der Waals surface area contributed by atoms with Gasteiger partial charge < -0.3 is 19.4 Å². The third-order valence-corrected chi connectivity index (χ3v) is 6.30. The number of hydrogen-bond donors (Lipinski definition) is 1. The molecule has 1 aliphatic heterocycles. The predicted octanol–water partition coefficient (Wildman–Crippen LogP) is 4.57. The van der Waals surface area contributed by atoms with Crippen LogP contribution in [0.5, 0.6) is 0 Å². The minimum Gasteiger partial charge on any atom is -0.346 e. The number of carbonyl (C=O) groups excluding carboxylic acids is 1. The second kappa shape index (κ2) is 8.94. The summed E-state index contributed by atoms with van der Waals surface area (Å²) in [5.41, 5.74) is 3.89. The number of aliphatic imine (C=N–C) groups is 1. The number of aromatic nitrogens is 3. The summed E-state index contributed by atoms with van der Waals surface area (Å²) in [6.45, 7) is 14.6. The molecule has 7 nitrogen and oxygen atoms in total. The molecule has 1 fully saturated rings. The second-order valence-electron chi connectivity index (χ2n) is 8.99. The normalized spacial score (nSPS) is 15.6. The fourth-order valence-corrected chi connectivity index (χ4v) is 4.55. The van der Waals surface area contributed by atoms with Gasteiger partial charge >= 0.3 is 0 Å². The van der Waals surface area contributed by atoms with Gasteiger partial charge in [0.05, 0.1) is 5.52 Å². The Morgan fingerprint density at radius 3 is 2.61 bits per heavy atom. The van der Waals surface area contributed by atoms with Crippen molar-refractivity contribution in [1.29, 1.82) is 0 Å². The number of H-pyrrole nitrogens is 1. The van der Waals surface area contributed by atoms with Gasteiger partial charge in [-0.25, -0.2) is 14.4 Å². The molecule has 1 aromatic carbocycles. The minimum atomic E-state index is -0.375. The van der Waals surface area contributed by atoms with Crippen LogP contribution in [0.2, 0.25) is 0 Å². The van der Waals surface area contributed by atoms with Gasteiger partial charge in [-0.1, -0.05) is 0 Å². The third kappa shape index (κ3) is 4.23. The quantitative estimate of drug-likeness (QED) is 0.457. The Balaban J connectivity index is 1.78. The Morgan fingerprint density at radius 1 is 1.27 bits per heavy atom. The van der Waals surface area contributed by atoms with Gasteiger partial charge in [-0.15, -0.1) is 0 Å². The molecular formula is C25H31FN6O. The number of rotatable bonds is 5. The molecule has 1 N–H and O–H groups in total. The van der Waals surface area contributed by atoms with Crippen molar-refractivity contribution in [3.05, 3.63) is 41.1 Å². The number of fused-ring (bicyclic) bond motifs is 1. The van der Waals surface area contributed by atoms with Crippen LogP contribution < -0.4 is 0 Å². The first kappa shape index (κ1) is 22.9. The van der Waals surface area contributed by atoms with E-state index in [0.717, 1.165) is 35.6 Å². The Morgan fingerprint density at radius 2 is 1.97 bits per heavy atom. The highest BCUT2D eigenvalue weighted by molar-refractivity contribution is 6.00. The van der Waals surface area contributed by atoms with E-state index in [4.69, 9.17) is 0 Å². The average Bonchev–Trinajstić information content (AvgIpc) is 3.33. The summed E-state index contributed by atoms with van der Waals surface area (Å²) < 4.78 is 17.1. The van der Waals surface area contributed by atoms with Crippen molar-refractivity contribution in [2.75, 3.05) is 33.2 Å². The first-order valence-electron chi connectivity index (χ1n) is 11.2. The van der Waals surface area contributed by atoms with E-state index in [1.165, 1.54) is 6.07 Å². The summed E-state index contributed by atoms with van der Waals surface area (Å²) in [7, 11) is 2.06. The van der Waals surface area contributed by atoms with E-state index in [1.807, 2.05) is 35.5 Å². The van der Waals surface area contributed by atoms with Gasteiger partial charge in [0.15, 0.2) is 5.82 Å². The summed E-state index contributed by atoms with van der Waals surface area (Å²) in [6, 6.07) is 3.58. The number of nitrogens with zero attached hydrogens (tertiary/aromatic N) is 5. The van der Waals surface area contributed by atoms with Crippen molar-refractivity contribution in [3.63, 3.8) is 0 Å². The summed E-state index contributed by atoms with van der Waals surface area (Å²) in [5, 5.41) is 0. The molecule has 0 unspecified atom stereocenters. The van der Waals surface area contributed by atoms with Crippen LogP contribution in [-0.2, 0) is 4.79 Å². The fraction of sp³-hybridized carbons (Fsp3) is 0.400. The maximum Gasteiger partial charge on any atom is 0.249 e. The van der Waals surface area contributed by atoms with Crippen LogP contribution in [0.3, 0.4) is 0 Å². The zero-order chi connectivity index (χ0) is 23.9. The molecule has 0 atom stereocenters. The number of halogens is 1. The molecule has 3 heterocycles. The molecule has 2 aromatic heterocycles. The molecule has 0 aliphatic carbocycles. The van der Waals surface area contributed by atoms with E-state index in [0.29, 0.717) is 35.6 Å². The number of hydrogen-bond acceptors (Lipinski definition) is 4. The first-order chi connectivity index (χ1) is 15.7. The molecule has 8 heteroatoms. The van der Waals surface area contributed by atoms with E-state index in [9.17, 15) is 4.79 Å². The molecule has 4 rings (SSSR count). The Kier molecular flexibility index (Phi) is 6.21. The number of aryl methyl sites for hydroxylation is 1. The van der Waals surface area contributed by atoms with Crippen LogP contribution in [-0.4, -0.2) is 70.2 Å². The predicted molar refractivity (Wildman–Crippen MR) is 132 cm³/mol. The molecule has 33 heavy (non-hydrogen) atoms. The number of benzene rings is 1. The number of amides is 1. The van der Waals surface area contributed by atoms with Crippen LogP contribution in [0.25, 0.3) is 28.2 Å². The van der Waals surface area contributed by atoms with Gasteiger partial charge in [0.1, 0.15) is 17.2 Å². The number of imidazole rings is 1. The number of piperazine rings is 1. The van der Waals surface area contributed by atoms with Crippen molar-refractivity contribution in [2.45, 2.75) is 33.7 Å². The fourth-order valence-electron chi connectivity index (χ4n) is 4.55. The van der Waals surface area contributed by atoms with Crippen LogP contribution >= 0.6 is 0 Å². The smallest absolute Gasteiger partial charge is 0.249 e. The van der Waals surface area contributed by atoms with Crippen molar-refractivity contribution < 1.29 is 9.18 Å². The van der Waals surface area contributed by atoms with Gasteiger partial charge in [-0.05, 0) is 65.2 Å². The van der Waals surface area contributed by atoms with Crippen molar-refractivity contribution in [2.24, 2.45) is 4.99 Å². The third-order valence-electron chi connectivity index (χ3n) is 6.30. The molecule has 1 aliphatic rings. The molecule has 1 saturated heterocycles. The maximum absolute atomic E-state index is 15.1. The lowest BCUT2D eigenvalue weighted by atomic mass is 10.0. The Hall–Kier alpha value is -3.26. The number of likely N-dealkylation sites (N-methyl/N-ethyl adjacent to an activating group) is 1. The number of aromatic amines is 1. The Labute approximate surface area is 193 Å². The van der Waals surface area contributed by atoms with Crippen LogP contribution in [0, 0.1) is 12.7 Å². The molecule has 174 valence electrons. The minimum absolute atomic E-state index is 0.000374. The topological polar surface area (TPSA) is 69.5 Å². The maximum atomic E-state index is 15.1. The number of carbonyl (C=O) groups is 1. The first-order valence-corrected chi connectivity index (χ1v) is 11.2. The monoisotopic (exact) mass is 450 g/mol. The highest BCUT2D eigenvalue weighted by atomic mass is 19.1. The van der Waals surface area contributed by atoms with Crippen LogP contribution in [0.4, 0.5) is 10.2 Å². The SMILES string of the molecule is C=Nc1[nH]cc(-c2cc(F)c3nc(C)n(C(C)C)c3c2)c1/C=C(\C)C(=O)N1CCN(C)CC1. The van der Waals surface area contributed by atoms with E-state index < -0.39 is 0 Å². The van der Waals surface area contributed by atoms with E-state index in [2.05, 4.69) is 47.5 Å². The van der Waals surface area contributed by atoms with E-state index >= 15 is 4.39 Å². The van der Waals surface area contributed by atoms with Crippen LogP contribution in [0.1, 0.15) is 38.2 Å². The summed E-state index contributed by atoms with van der Waals surface area (Å²) in [6.07, 6.45) is 3.61. The van der Waals surface area contributed by atoms with Crippen molar-refractivity contribution in [3.8, 4) is 11.1 Å². The molecule has 1 amide bonds. The zero-order valence-electron chi connectivity index (χ0n) is 19.9.